The summed E-state index contributed by atoms with van der Waals surface area (Å²) in [6, 6.07) is 34.8. The predicted octanol–water partition coefficient (Wildman–Crippen LogP) is 19.0. The average molecular weight is 1440 g/mol. The summed E-state index contributed by atoms with van der Waals surface area (Å²) < 4.78 is 118. The largest absolute Gasteiger partial charge is 2.00 e. The van der Waals surface area contributed by atoms with Crippen LogP contribution in [0, 0.1) is 0 Å². The van der Waals surface area contributed by atoms with E-state index in [1.807, 2.05) is 182 Å². The van der Waals surface area contributed by atoms with E-state index in [1.54, 1.807) is 74.4 Å². The number of rotatable bonds is 15. The summed E-state index contributed by atoms with van der Waals surface area (Å²) in [6.45, 7) is 0. The van der Waals surface area contributed by atoms with Crippen molar-refractivity contribution in [3.8, 4) is 34.2 Å². The van der Waals surface area contributed by atoms with Crippen LogP contribution in [-0.4, -0.2) is 89.7 Å². The Morgan fingerprint density at radius 3 is 0.455 bits per heavy atom. The number of halogens is 12. The molecule has 0 unspecified atom stereocenters. The first-order valence-electron chi connectivity index (χ1n) is 28.1. The Kier molecular flexibility index (Phi) is 24.8. The predicted molar refractivity (Wildman–Crippen MR) is 355 cm³/mol. The molecular formula is C66H48F12FeN18P2. The molecule has 0 aliphatic heterocycles. The normalized spacial score (nSPS) is 12.8. The van der Waals surface area contributed by atoms with E-state index >= 15 is 0 Å². The first-order chi connectivity index (χ1) is 46.5. The van der Waals surface area contributed by atoms with Crippen molar-refractivity contribution >= 4 is 88.5 Å². The Labute approximate surface area is 566 Å². The van der Waals surface area contributed by atoms with Gasteiger partial charge in [-0.2, -0.15) is 0 Å². The van der Waals surface area contributed by atoms with Crippen LogP contribution in [-0.2, 0) is 17.1 Å². The Morgan fingerprint density at radius 1 is 0.192 bits per heavy atom. The zero-order valence-corrected chi connectivity index (χ0v) is 53.4. The summed E-state index contributed by atoms with van der Waals surface area (Å²) >= 11 is 0. The van der Waals surface area contributed by atoms with E-state index in [1.165, 1.54) is 38.0 Å². The van der Waals surface area contributed by atoms with Crippen molar-refractivity contribution in [2.75, 3.05) is 0 Å². The molecule has 0 aromatic carbocycles. The zero-order chi connectivity index (χ0) is 69.9. The second kappa shape index (κ2) is 32.9. The van der Waals surface area contributed by atoms with Crippen LogP contribution >= 0.6 is 15.6 Å². The molecule has 0 radical (unpaired) electrons. The van der Waals surface area contributed by atoms with Crippen LogP contribution in [0.4, 0.5) is 50.4 Å². The number of pyridine rings is 6. The molecule has 12 heterocycles. The van der Waals surface area contributed by atoms with Crippen LogP contribution in [0.5, 0.6) is 0 Å². The maximum atomic E-state index is 9.87. The summed E-state index contributed by atoms with van der Waals surface area (Å²) in [5, 5.41) is 0. The first-order valence-corrected chi connectivity index (χ1v) is 32.1. The fraction of sp³-hybridized carbons (Fsp3) is 0. The van der Waals surface area contributed by atoms with Crippen molar-refractivity contribution in [1.29, 1.82) is 0 Å². The van der Waals surface area contributed by atoms with Crippen molar-refractivity contribution in [3.05, 3.63) is 289 Å². The molecule has 0 saturated carbocycles. The minimum Gasteiger partial charge on any atom is 2.00 e. The number of aromatic nitrogens is 18. The van der Waals surface area contributed by atoms with Gasteiger partial charge >= 0.3 is 83.0 Å². The second-order valence-electron chi connectivity index (χ2n) is 19.6. The quantitative estimate of drug-likeness (QED) is 0.0527. The fourth-order valence-corrected chi connectivity index (χ4v) is 7.63. The number of nitrogens with zero attached hydrogens (tertiary/aromatic N) is 18. The molecule has 504 valence electrons. The van der Waals surface area contributed by atoms with Crippen molar-refractivity contribution in [2.24, 2.45) is 0 Å². The van der Waals surface area contributed by atoms with E-state index in [4.69, 9.17) is 0 Å². The van der Waals surface area contributed by atoms with Gasteiger partial charge in [-0.1, -0.05) is 36.5 Å². The summed E-state index contributed by atoms with van der Waals surface area (Å²) in [4.78, 5) is 75.4. The van der Waals surface area contributed by atoms with Gasteiger partial charge in [-0.15, -0.1) is 0 Å². The van der Waals surface area contributed by atoms with Crippen molar-refractivity contribution in [3.63, 3.8) is 0 Å². The van der Waals surface area contributed by atoms with Gasteiger partial charge in [0, 0.05) is 74.4 Å². The third kappa shape index (κ3) is 32.1. The van der Waals surface area contributed by atoms with E-state index in [2.05, 4.69) is 89.7 Å². The molecule has 12 aromatic rings. The Bertz CT molecular complexity index is 3990. The van der Waals surface area contributed by atoms with Gasteiger partial charge in [0.05, 0.1) is 68.3 Å². The Balaban J connectivity index is 0.000000189. The molecule has 0 aliphatic rings. The summed E-state index contributed by atoms with van der Waals surface area (Å²) in [5.74, 6) is 0. The van der Waals surface area contributed by atoms with E-state index in [9.17, 15) is 50.4 Å². The minimum atomic E-state index is -10.7. The minimum absolute atomic E-state index is 0. The molecule has 0 amide bonds. The van der Waals surface area contributed by atoms with Crippen molar-refractivity contribution in [1.82, 2.24) is 89.7 Å². The molecule has 12 aromatic heterocycles. The molecule has 0 atom stereocenters. The molecule has 0 spiro atoms. The van der Waals surface area contributed by atoms with Crippen LogP contribution in [0.1, 0.15) is 67.5 Å². The zero-order valence-electron chi connectivity index (χ0n) is 50.5. The first kappa shape index (κ1) is 74.8. The fourth-order valence-electron chi connectivity index (χ4n) is 7.63. The molecule has 0 bridgehead atoms. The van der Waals surface area contributed by atoms with E-state index in [0.29, 0.717) is 0 Å². The standard InChI is InChI=1S/3C22H16N6.2F6P.Fe/c3*1(3-19-7-9-23-15-27-19)17-5-11-25-21(13-17)22-14-18(6-12-26-22)2-4-20-8-10-24-16-28-20;2*1-7(2,3,4,5)6;/h3*1-16H;;;/q;;;2*-1;+2. The molecular weight excluding hydrogens is 1390 g/mol. The Hall–Kier alpha value is -11.6. The van der Waals surface area contributed by atoms with Gasteiger partial charge in [-0.25, -0.2) is 59.8 Å². The average Bonchev–Trinajstić information content (AvgIpc) is 0.794. The van der Waals surface area contributed by atoms with Gasteiger partial charge < -0.3 is 0 Å². The maximum Gasteiger partial charge on any atom is 2.00 e. The third-order valence-electron chi connectivity index (χ3n) is 11.8. The van der Waals surface area contributed by atoms with Gasteiger partial charge in [0.25, 0.3) is 0 Å². The third-order valence-corrected chi connectivity index (χ3v) is 11.8. The molecule has 33 heteroatoms. The topological polar surface area (TPSA) is 232 Å². The number of hydrogen-bond donors (Lipinski definition) is 0. The molecule has 18 nitrogen and oxygen atoms in total. The Morgan fingerprint density at radius 2 is 0.333 bits per heavy atom. The summed E-state index contributed by atoms with van der Waals surface area (Å²) in [7, 11) is -21.3. The van der Waals surface area contributed by atoms with Crippen LogP contribution in [0.3, 0.4) is 0 Å². The van der Waals surface area contributed by atoms with Crippen molar-refractivity contribution < 1.29 is 67.4 Å². The van der Waals surface area contributed by atoms with Crippen LogP contribution < -0.4 is 0 Å². The van der Waals surface area contributed by atoms with Gasteiger partial charge in [-0.3, -0.25) is 29.9 Å². The number of hydrogen-bond acceptors (Lipinski definition) is 18. The van der Waals surface area contributed by atoms with E-state index in [-0.39, 0.29) is 17.1 Å². The summed E-state index contributed by atoms with van der Waals surface area (Å²) in [6.07, 6.45) is 53.7. The van der Waals surface area contributed by atoms with Gasteiger partial charge in [0.1, 0.15) is 38.0 Å². The van der Waals surface area contributed by atoms with Crippen molar-refractivity contribution in [2.45, 2.75) is 0 Å². The summed E-state index contributed by atoms with van der Waals surface area (Å²) in [5.41, 5.74) is 16.1. The molecule has 99 heavy (non-hydrogen) atoms. The molecule has 0 aliphatic carbocycles. The van der Waals surface area contributed by atoms with Gasteiger partial charge in [0.2, 0.25) is 0 Å². The van der Waals surface area contributed by atoms with Crippen LogP contribution in [0.2, 0.25) is 0 Å². The second-order valence-corrected chi connectivity index (χ2v) is 23.4. The van der Waals surface area contributed by atoms with Crippen LogP contribution in [0.25, 0.3) is 107 Å². The maximum absolute atomic E-state index is 10.7. The van der Waals surface area contributed by atoms with E-state index < -0.39 is 15.6 Å². The van der Waals surface area contributed by atoms with Crippen LogP contribution in [0.15, 0.2) is 222 Å². The van der Waals surface area contributed by atoms with Gasteiger partial charge in [-0.05, 0) is 179 Å². The molecule has 12 rings (SSSR count). The monoisotopic (exact) mass is 1440 g/mol. The van der Waals surface area contributed by atoms with Gasteiger partial charge in [0.15, 0.2) is 0 Å². The molecule has 0 N–H and O–H groups in total. The SMILES string of the molecule is C(=Cc1ccncn1)c1ccnc(-c2cc(C=Cc3ccncn3)ccn2)c1.C(=Cc1ccncn1)c1ccnc(-c2cc(C=Cc3ccncn3)ccn2)c1.C(=Cc1ccncn1)c1ccnc(-c2cc(C=Cc3ccncn3)ccn2)c1.F[P-](F)(F)(F)(F)F.F[P-](F)(F)(F)(F)F.[Fe+2]. The van der Waals surface area contributed by atoms with E-state index in [0.717, 1.165) is 102 Å². The smallest absolute Gasteiger partial charge is 2.00 e. The molecule has 0 saturated heterocycles. The molecule has 0 fully saturated rings.